The second kappa shape index (κ2) is 7.84. The van der Waals surface area contributed by atoms with Crippen molar-refractivity contribution in [1.29, 1.82) is 0 Å². The Morgan fingerprint density at radius 2 is 1.93 bits per heavy atom. The van der Waals surface area contributed by atoms with Crippen molar-refractivity contribution in [2.75, 3.05) is 5.32 Å². The standard InChI is InChI=1S/C21H16FN5OS/c1-12-15(4-3-5-16(12)22)20(28)26-18-7-6-14(10-25-18)19-13(2)29-21(27-19)17-11-23-8-9-24-17/h3-11H,1-2H3,(H,25,26,28). The summed E-state index contributed by atoms with van der Waals surface area (Å²) in [6.45, 7) is 3.55. The second-order valence-electron chi connectivity index (χ2n) is 6.31. The predicted octanol–water partition coefficient (Wildman–Crippen LogP) is 4.67. The fourth-order valence-electron chi connectivity index (χ4n) is 2.83. The largest absolute Gasteiger partial charge is 0.307 e. The Balaban J connectivity index is 1.55. The van der Waals surface area contributed by atoms with Crippen LogP contribution in [0.15, 0.2) is 55.1 Å². The molecule has 0 bridgehead atoms. The molecule has 1 amide bonds. The molecule has 3 heterocycles. The summed E-state index contributed by atoms with van der Waals surface area (Å²) in [6, 6.07) is 7.94. The number of carbonyl (C=O) groups is 1. The molecule has 144 valence electrons. The van der Waals surface area contributed by atoms with Gasteiger partial charge in [0.1, 0.15) is 22.3 Å². The number of aryl methyl sites for hydroxylation is 1. The summed E-state index contributed by atoms with van der Waals surface area (Å²) in [7, 11) is 0. The molecule has 0 saturated heterocycles. The van der Waals surface area contributed by atoms with Gasteiger partial charge in [-0.25, -0.2) is 14.4 Å². The van der Waals surface area contributed by atoms with Crippen LogP contribution < -0.4 is 5.32 Å². The van der Waals surface area contributed by atoms with Crippen LogP contribution in [-0.4, -0.2) is 25.8 Å². The lowest BCUT2D eigenvalue weighted by Crippen LogP contribution is -2.14. The van der Waals surface area contributed by atoms with E-state index >= 15 is 0 Å². The van der Waals surface area contributed by atoms with Gasteiger partial charge in [0.15, 0.2) is 0 Å². The van der Waals surface area contributed by atoms with Crippen molar-refractivity contribution in [3.05, 3.63) is 76.9 Å². The maximum Gasteiger partial charge on any atom is 0.257 e. The zero-order valence-corrected chi connectivity index (χ0v) is 16.5. The molecule has 0 atom stereocenters. The minimum Gasteiger partial charge on any atom is -0.307 e. The maximum atomic E-state index is 13.7. The van der Waals surface area contributed by atoms with Crippen LogP contribution in [0.1, 0.15) is 20.8 Å². The topological polar surface area (TPSA) is 80.7 Å². The summed E-state index contributed by atoms with van der Waals surface area (Å²) in [5.74, 6) is -0.444. The normalized spacial score (nSPS) is 10.7. The van der Waals surface area contributed by atoms with Gasteiger partial charge < -0.3 is 5.32 Å². The molecular formula is C21H16FN5OS. The summed E-state index contributed by atoms with van der Waals surface area (Å²) < 4.78 is 13.7. The van der Waals surface area contributed by atoms with E-state index in [0.717, 1.165) is 21.1 Å². The first-order valence-corrected chi connectivity index (χ1v) is 9.61. The third-order valence-corrected chi connectivity index (χ3v) is 5.36. The van der Waals surface area contributed by atoms with Crippen molar-refractivity contribution >= 4 is 23.1 Å². The van der Waals surface area contributed by atoms with Crippen LogP contribution in [0.5, 0.6) is 0 Å². The van der Waals surface area contributed by atoms with E-state index in [1.807, 2.05) is 13.0 Å². The third-order valence-electron chi connectivity index (χ3n) is 4.37. The van der Waals surface area contributed by atoms with Crippen molar-refractivity contribution in [1.82, 2.24) is 19.9 Å². The van der Waals surface area contributed by atoms with Crippen molar-refractivity contribution in [3.63, 3.8) is 0 Å². The SMILES string of the molecule is Cc1sc(-c2cnccn2)nc1-c1ccc(NC(=O)c2cccc(F)c2C)nc1. The van der Waals surface area contributed by atoms with Crippen LogP contribution in [0.25, 0.3) is 22.0 Å². The lowest BCUT2D eigenvalue weighted by Gasteiger charge is -2.08. The number of halogens is 1. The molecule has 0 unspecified atom stereocenters. The van der Waals surface area contributed by atoms with Crippen molar-refractivity contribution < 1.29 is 9.18 Å². The Morgan fingerprint density at radius 3 is 2.66 bits per heavy atom. The highest BCUT2D eigenvalue weighted by Gasteiger charge is 2.15. The number of aromatic nitrogens is 4. The fourth-order valence-corrected chi connectivity index (χ4v) is 3.73. The fraction of sp³-hybridized carbons (Fsp3) is 0.0952. The lowest BCUT2D eigenvalue weighted by molar-refractivity contribution is 0.102. The maximum absolute atomic E-state index is 13.7. The molecule has 8 heteroatoms. The molecule has 0 radical (unpaired) electrons. The summed E-state index contributed by atoms with van der Waals surface area (Å²) in [5, 5.41) is 3.48. The average molecular weight is 405 g/mol. The van der Waals surface area contributed by atoms with Gasteiger partial charge in [-0.2, -0.15) is 0 Å². The molecule has 0 aliphatic carbocycles. The number of carbonyl (C=O) groups excluding carboxylic acids is 1. The molecule has 0 spiro atoms. The number of thiazole rings is 1. The summed E-state index contributed by atoms with van der Waals surface area (Å²) in [6.07, 6.45) is 6.57. The van der Waals surface area contributed by atoms with Gasteiger partial charge in [-0.3, -0.25) is 14.8 Å². The first kappa shape index (κ1) is 18.8. The van der Waals surface area contributed by atoms with Crippen LogP contribution in [0, 0.1) is 19.7 Å². The van der Waals surface area contributed by atoms with Gasteiger partial charge in [0.2, 0.25) is 0 Å². The van der Waals surface area contributed by atoms with E-state index in [-0.39, 0.29) is 5.56 Å². The first-order chi connectivity index (χ1) is 14.0. The predicted molar refractivity (Wildman–Crippen MR) is 110 cm³/mol. The molecule has 1 aromatic carbocycles. The molecule has 0 fully saturated rings. The van der Waals surface area contributed by atoms with Crippen LogP contribution >= 0.6 is 11.3 Å². The molecule has 0 aliphatic rings. The number of hydrogen-bond acceptors (Lipinski definition) is 6. The highest BCUT2D eigenvalue weighted by molar-refractivity contribution is 7.15. The quantitative estimate of drug-likeness (QED) is 0.534. The van der Waals surface area contributed by atoms with E-state index in [0.29, 0.717) is 17.1 Å². The summed E-state index contributed by atoms with van der Waals surface area (Å²) >= 11 is 1.53. The van der Waals surface area contributed by atoms with Gasteiger partial charge >= 0.3 is 0 Å². The lowest BCUT2D eigenvalue weighted by atomic mass is 10.1. The number of nitrogens with zero attached hydrogens (tertiary/aromatic N) is 4. The minimum absolute atomic E-state index is 0.278. The van der Waals surface area contributed by atoms with E-state index in [1.165, 1.54) is 23.5 Å². The minimum atomic E-state index is -0.418. The molecule has 0 saturated carbocycles. The van der Waals surface area contributed by atoms with E-state index in [9.17, 15) is 9.18 Å². The Morgan fingerprint density at radius 1 is 1.07 bits per heavy atom. The van der Waals surface area contributed by atoms with Gasteiger partial charge in [-0.05, 0) is 43.7 Å². The van der Waals surface area contributed by atoms with Crippen molar-refractivity contribution in [2.24, 2.45) is 0 Å². The Hall–Kier alpha value is -3.52. The molecule has 0 aliphatic heterocycles. The monoisotopic (exact) mass is 405 g/mol. The molecule has 4 aromatic rings. The van der Waals surface area contributed by atoms with Crippen LogP contribution in [0.2, 0.25) is 0 Å². The Kier molecular flexibility index (Phi) is 5.09. The summed E-state index contributed by atoms with van der Waals surface area (Å²) in [4.78, 5) is 30.8. The number of pyridine rings is 1. The van der Waals surface area contributed by atoms with Crippen molar-refractivity contribution in [2.45, 2.75) is 13.8 Å². The molecule has 1 N–H and O–H groups in total. The van der Waals surface area contributed by atoms with Crippen LogP contribution in [0.4, 0.5) is 10.2 Å². The molecule has 4 rings (SSSR count). The van der Waals surface area contributed by atoms with Gasteiger partial charge in [0, 0.05) is 34.6 Å². The highest BCUT2D eigenvalue weighted by Crippen LogP contribution is 2.32. The number of amides is 1. The third kappa shape index (κ3) is 3.88. The number of anilines is 1. The molecule has 6 nitrogen and oxygen atoms in total. The van der Waals surface area contributed by atoms with Gasteiger partial charge in [0.05, 0.1) is 11.9 Å². The van der Waals surface area contributed by atoms with Gasteiger partial charge in [0.25, 0.3) is 5.91 Å². The van der Waals surface area contributed by atoms with Crippen LogP contribution in [-0.2, 0) is 0 Å². The first-order valence-electron chi connectivity index (χ1n) is 8.79. The number of hydrogen-bond donors (Lipinski definition) is 1. The highest BCUT2D eigenvalue weighted by atomic mass is 32.1. The molecular weight excluding hydrogens is 389 g/mol. The van der Waals surface area contributed by atoms with Gasteiger partial charge in [-0.1, -0.05) is 6.07 Å². The Labute approximate surface area is 170 Å². The number of nitrogens with one attached hydrogen (secondary N) is 1. The zero-order chi connectivity index (χ0) is 20.4. The molecule has 29 heavy (non-hydrogen) atoms. The molecule has 3 aromatic heterocycles. The van der Waals surface area contributed by atoms with Crippen LogP contribution in [0.3, 0.4) is 0 Å². The second-order valence-corrected chi connectivity index (χ2v) is 7.52. The van der Waals surface area contributed by atoms with E-state index in [1.54, 1.807) is 43.8 Å². The van der Waals surface area contributed by atoms with E-state index in [4.69, 9.17) is 0 Å². The van der Waals surface area contributed by atoms with E-state index in [2.05, 4.69) is 25.3 Å². The van der Waals surface area contributed by atoms with Crippen molar-refractivity contribution in [3.8, 4) is 22.0 Å². The smallest absolute Gasteiger partial charge is 0.257 e. The number of benzene rings is 1. The van der Waals surface area contributed by atoms with Gasteiger partial charge in [-0.15, -0.1) is 11.3 Å². The Bertz CT molecular complexity index is 1180. The average Bonchev–Trinajstić information content (AvgIpc) is 3.13. The summed E-state index contributed by atoms with van der Waals surface area (Å²) in [5.41, 5.74) is 2.93. The number of rotatable bonds is 4. The van der Waals surface area contributed by atoms with E-state index < -0.39 is 11.7 Å². The zero-order valence-electron chi connectivity index (χ0n) is 15.7.